The standard InChI is InChI=1S/C14H16F3N3/c1-9-3-10(2)5-11(4-9)13(18)8-20-7-12(6-19-20)14(15,16)17/h3-7,13H,8,18H2,1-2H3. The molecule has 0 saturated heterocycles. The second-order valence-corrected chi connectivity index (χ2v) is 4.98. The molecule has 0 radical (unpaired) electrons. The van der Waals surface area contributed by atoms with Crippen LogP contribution in [0.2, 0.25) is 0 Å². The average molecular weight is 283 g/mol. The fourth-order valence-corrected chi connectivity index (χ4v) is 2.14. The van der Waals surface area contributed by atoms with Crippen LogP contribution in [0.3, 0.4) is 0 Å². The fourth-order valence-electron chi connectivity index (χ4n) is 2.14. The van der Waals surface area contributed by atoms with Crippen molar-refractivity contribution in [2.75, 3.05) is 0 Å². The summed E-state index contributed by atoms with van der Waals surface area (Å²) >= 11 is 0. The van der Waals surface area contributed by atoms with Crippen molar-refractivity contribution in [3.8, 4) is 0 Å². The topological polar surface area (TPSA) is 43.8 Å². The van der Waals surface area contributed by atoms with E-state index in [-0.39, 0.29) is 6.54 Å². The Morgan fingerprint density at radius 3 is 2.30 bits per heavy atom. The van der Waals surface area contributed by atoms with E-state index in [1.165, 1.54) is 4.68 Å². The molecule has 1 unspecified atom stereocenters. The first-order chi connectivity index (χ1) is 9.25. The average Bonchev–Trinajstić information content (AvgIpc) is 2.75. The maximum Gasteiger partial charge on any atom is 0.419 e. The molecule has 2 rings (SSSR count). The van der Waals surface area contributed by atoms with E-state index in [9.17, 15) is 13.2 Å². The Morgan fingerprint density at radius 2 is 1.80 bits per heavy atom. The molecule has 2 aromatic rings. The Bertz CT molecular complexity index is 582. The van der Waals surface area contributed by atoms with Crippen LogP contribution >= 0.6 is 0 Å². The van der Waals surface area contributed by atoms with Crippen LogP contribution in [0, 0.1) is 13.8 Å². The van der Waals surface area contributed by atoms with Gasteiger partial charge in [-0.15, -0.1) is 0 Å². The Labute approximate surface area is 115 Å². The van der Waals surface area contributed by atoms with Crippen molar-refractivity contribution in [2.45, 2.75) is 32.6 Å². The number of benzene rings is 1. The predicted octanol–water partition coefficient (Wildman–Crippen LogP) is 3.22. The molecule has 0 aliphatic heterocycles. The van der Waals surface area contributed by atoms with Crippen LogP contribution in [0.4, 0.5) is 13.2 Å². The van der Waals surface area contributed by atoms with Gasteiger partial charge in [-0.3, -0.25) is 4.68 Å². The Morgan fingerprint density at radius 1 is 1.20 bits per heavy atom. The van der Waals surface area contributed by atoms with Crippen molar-refractivity contribution in [3.05, 3.63) is 52.8 Å². The van der Waals surface area contributed by atoms with Crippen molar-refractivity contribution in [3.63, 3.8) is 0 Å². The second-order valence-electron chi connectivity index (χ2n) is 4.98. The smallest absolute Gasteiger partial charge is 0.322 e. The van der Waals surface area contributed by atoms with E-state index in [1.807, 2.05) is 32.0 Å². The summed E-state index contributed by atoms with van der Waals surface area (Å²) in [6.45, 7) is 4.12. The second kappa shape index (κ2) is 5.28. The zero-order valence-corrected chi connectivity index (χ0v) is 11.3. The molecule has 0 aliphatic rings. The van der Waals surface area contributed by atoms with E-state index in [1.54, 1.807) is 0 Å². The summed E-state index contributed by atoms with van der Waals surface area (Å²) in [5.74, 6) is 0. The van der Waals surface area contributed by atoms with E-state index >= 15 is 0 Å². The molecule has 0 bridgehead atoms. The Balaban J connectivity index is 2.15. The van der Waals surface area contributed by atoms with E-state index in [0.717, 1.165) is 29.1 Å². The first-order valence-corrected chi connectivity index (χ1v) is 6.19. The number of aryl methyl sites for hydroxylation is 2. The fraction of sp³-hybridized carbons (Fsp3) is 0.357. The zero-order valence-electron chi connectivity index (χ0n) is 11.3. The lowest BCUT2D eigenvalue weighted by Gasteiger charge is -2.14. The number of nitrogens with zero attached hydrogens (tertiary/aromatic N) is 2. The number of rotatable bonds is 3. The van der Waals surface area contributed by atoms with Crippen molar-refractivity contribution in [1.29, 1.82) is 0 Å². The van der Waals surface area contributed by atoms with Gasteiger partial charge in [0.05, 0.1) is 18.3 Å². The molecule has 3 nitrogen and oxygen atoms in total. The van der Waals surface area contributed by atoms with E-state index in [2.05, 4.69) is 5.10 Å². The van der Waals surface area contributed by atoms with Crippen molar-refractivity contribution < 1.29 is 13.2 Å². The third-order valence-electron chi connectivity index (χ3n) is 3.02. The molecular weight excluding hydrogens is 267 g/mol. The summed E-state index contributed by atoms with van der Waals surface area (Å²) < 4.78 is 38.7. The molecule has 0 fully saturated rings. The molecule has 0 amide bonds. The highest BCUT2D eigenvalue weighted by Crippen LogP contribution is 2.28. The summed E-state index contributed by atoms with van der Waals surface area (Å²) in [6, 6.07) is 5.50. The number of hydrogen-bond acceptors (Lipinski definition) is 2. The van der Waals surface area contributed by atoms with Crippen LogP contribution in [0.25, 0.3) is 0 Å². The molecule has 6 heteroatoms. The SMILES string of the molecule is Cc1cc(C)cc(C(N)Cn2cc(C(F)(F)F)cn2)c1. The maximum absolute atomic E-state index is 12.5. The lowest BCUT2D eigenvalue weighted by atomic mass is 10.0. The molecule has 1 aromatic carbocycles. The number of halogens is 3. The molecule has 108 valence electrons. The van der Waals surface area contributed by atoms with E-state index < -0.39 is 17.8 Å². The largest absolute Gasteiger partial charge is 0.419 e. The summed E-state index contributed by atoms with van der Waals surface area (Å²) in [7, 11) is 0. The quantitative estimate of drug-likeness (QED) is 0.940. The third kappa shape index (κ3) is 3.39. The van der Waals surface area contributed by atoms with E-state index in [0.29, 0.717) is 0 Å². The molecule has 0 spiro atoms. The van der Waals surface area contributed by atoms with Gasteiger partial charge in [-0.05, 0) is 19.4 Å². The predicted molar refractivity (Wildman–Crippen MR) is 70.1 cm³/mol. The molecule has 1 aromatic heterocycles. The van der Waals surface area contributed by atoms with Gasteiger partial charge in [-0.2, -0.15) is 18.3 Å². The molecule has 1 atom stereocenters. The van der Waals surface area contributed by atoms with Gasteiger partial charge in [-0.25, -0.2) is 0 Å². The van der Waals surface area contributed by atoms with Crippen LogP contribution in [0.15, 0.2) is 30.6 Å². The van der Waals surface area contributed by atoms with Gasteiger partial charge in [0.25, 0.3) is 0 Å². The molecular formula is C14H16F3N3. The minimum atomic E-state index is -4.37. The lowest BCUT2D eigenvalue weighted by molar-refractivity contribution is -0.137. The highest BCUT2D eigenvalue weighted by Gasteiger charge is 2.32. The lowest BCUT2D eigenvalue weighted by Crippen LogP contribution is -2.18. The number of alkyl halides is 3. The molecule has 1 heterocycles. The first-order valence-electron chi connectivity index (χ1n) is 6.19. The van der Waals surface area contributed by atoms with Crippen LogP contribution in [-0.2, 0) is 12.7 Å². The summed E-state index contributed by atoms with van der Waals surface area (Å²) in [5, 5.41) is 3.71. The normalized spacial score (nSPS) is 13.5. The van der Waals surface area contributed by atoms with Crippen molar-refractivity contribution >= 4 is 0 Å². The van der Waals surface area contributed by atoms with Gasteiger partial charge >= 0.3 is 6.18 Å². The van der Waals surface area contributed by atoms with Crippen molar-refractivity contribution in [1.82, 2.24) is 9.78 Å². The minimum Gasteiger partial charge on any atom is -0.322 e. The number of hydrogen-bond donors (Lipinski definition) is 1. The van der Waals surface area contributed by atoms with Crippen LogP contribution in [-0.4, -0.2) is 9.78 Å². The van der Waals surface area contributed by atoms with Crippen LogP contribution in [0.1, 0.15) is 28.3 Å². The summed E-state index contributed by atoms with van der Waals surface area (Å²) in [5.41, 5.74) is 8.33. The monoisotopic (exact) mass is 283 g/mol. The number of aromatic nitrogens is 2. The highest BCUT2D eigenvalue weighted by molar-refractivity contribution is 5.30. The Kier molecular flexibility index (Phi) is 3.85. The first kappa shape index (κ1) is 14.6. The van der Waals surface area contributed by atoms with Gasteiger partial charge < -0.3 is 5.73 Å². The highest BCUT2D eigenvalue weighted by atomic mass is 19.4. The van der Waals surface area contributed by atoms with Gasteiger partial charge in [0.2, 0.25) is 0 Å². The number of nitrogens with two attached hydrogens (primary N) is 1. The van der Waals surface area contributed by atoms with Gasteiger partial charge in [0.15, 0.2) is 0 Å². The summed E-state index contributed by atoms with van der Waals surface area (Å²) in [6.07, 6.45) is -2.58. The van der Waals surface area contributed by atoms with Gasteiger partial charge in [0.1, 0.15) is 0 Å². The summed E-state index contributed by atoms with van der Waals surface area (Å²) in [4.78, 5) is 0. The van der Waals surface area contributed by atoms with Crippen LogP contribution in [0.5, 0.6) is 0 Å². The third-order valence-corrected chi connectivity index (χ3v) is 3.02. The minimum absolute atomic E-state index is 0.207. The van der Waals surface area contributed by atoms with Gasteiger partial charge in [0, 0.05) is 12.2 Å². The molecule has 2 N–H and O–H groups in total. The van der Waals surface area contributed by atoms with Crippen LogP contribution < -0.4 is 5.73 Å². The van der Waals surface area contributed by atoms with Crippen molar-refractivity contribution in [2.24, 2.45) is 5.73 Å². The molecule has 0 saturated carbocycles. The zero-order chi connectivity index (χ0) is 14.9. The van der Waals surface area contributed by atoms with Gasteiger partial charge in [-0.1, -0.05) is 29.3 Å². The van der Waals surface area contributed by atoms with E-state index in [4.69, 9.17) is 5.73 Å². The maximum atomic E-state index is 12.5. The Hall–Kier alpha value is -1.82. The molecule has 0 aliphatic carbocycles. The molecule has 20 heavy (non-hydrogen) atoms.